The third-order valence-electron chi connectivity index (χ3n) is 7.10. The number of carbonyl (C=O) groups excluding carboxylic acids is 1. The molecule has 0 unspecified atom stereocenters. The van der Waals surface area contributed by atoms with Gasteiger partial charge in [0.1, 0.15) is 30.5 Å². The maximum Gasteiger partial charge on any atom is 0.319 e. The van der Waals surface area contributed by atoms with E-state index in [1.165, 1.54) is 25.0 Å². The molecule has 206 valence electrons. The number of hydrogen-bond donors (Lipinski definition) is 2. The van der Waals surface area contributed by atoms with Gasteiger partial charge in [0.05, 0.1) is 23.0 Å². The molecule has 0 saturated heterocycles. The molecule has 0 spiro atoms. The van der Waals surface area contributed by atoms with Crippen LogP contribution < -0.4 is 29.6 Å². The van der Waals surface area contributed by atoms with Gasteiger partial charge < -0.3 is 29.6 Å². The lowest BCUT2D eigenvalue weighted by Crippen LogP contribution is -2.31. The summed E-state index contributed by atoms with van der Waals surface area (Å²) in [7, 11) is 0. The highest BCUT2D eigenvalue weighted by molar-refractivity contribution is 5.95. The van der Waals surface area contributed by atoms with Gasteiger partial charge in [-0.2, -0.15) is 0 Å². The van der Waals surface area contributed by atoms with E-state index < -0.39 is 0 Å². The van der Waals surface area contributed by atoms with E-state index >= 15 is 0 Å². The first-order valence-electron chi connectivity index (χ1n) is 13.5. The molecule has 2 aliphatic rings. The number of carbonyl (C=O) groups is 1. The van der Waals surface area contributed by atoms with E-state index in [2.05, 4.69) is 15.6 Å². The molecule has 2 N–H and O–H groups in total. The van der Waals surface area contributed by atoms with E-state index in [-0.39, 0.29) is 24.0 Å². The van der Waals surface area contributed by atoms with Gasteiger partial charge in [-0.3, -0.25) is 4.98 Å². The number of anilines is 1. The number of pyridine rings is 1. The number of benzene rings is 3. The van der Waals surface area contributed by atoms with Crippen molar-refractivity contribution in [2.24, 2.45) is 0 Å². The Kier molecular flexibility index (Phi) is 7.27. The van der Waals surface area contributed by atoms with Crippen LogP contribution in [0.5, 0.6) is 28.7 Å². The van der Waals surface area contributed by atoms with Crippen LogP contribution in [0.4, 0.5) is 14.9 Å². The Bertz CT molecular complexity index is 1500. The quantitative estimate of drug-likeness (QED) is 0.257. The van der Waals surface area contributed by atoms with Crippen molar-refractivity contribution in [1.82, 2.24) is 10.3 Å². The third-order valence-corrected chi connectivity index (χ3v) is 7.10. The molecular formula is C31H30FN3O5. The van der Waals surface area contributed by atoms with Gasteiger partial charge >= 0.3 is 6.03 Å². The summed E-state index contributed by atoms with van der Waals surface area (Å²) in [5.74, 6) is 2.65. The summed E-state index contributed by atoms with van der Waals surface area (Å²) in [6, 6.07) is 16.1. The molecule has 0 bridgehead atoms. The van der Waals surface area contributed by atoms with Crippen molar-refractivity contribution in [3.8, 4) is 28.7 Å². The molecule has 1 aliphatic heterocycles. The third kappa shape index (κ3) is 5.59. The number of aromatic nitrogens is 1. The van der Waals surface area contributed by atoms with Crippen LogP contribution in [0.1, 0.15) is 44.2 Å². The first-order valence-corrected chi connectivity index (χ1v) is 13.5. The summed E-state index contributed by atoms with van der Waals surface area (Å²) in [5.41, 5.74) is 2.09. The smallest absolute Gasteiger partial charge is 0.319 e. The van der Waals surface area contributed by atoms with Crippen LogP contribution in [-0.2, 0) is 0 Å². The largest absolute Gasteiger partial charge is 0.486 e. The van der Waals surface area contributed by atoms with Crippen LogP contribution in [0.25, 0.3) is 10.9 Å². The standard InChI is InChI=1S/C31H30FN3O5/c1-19(20-6-8-21(32)9-7-20)34-31(36)35-22-10-12-24(13-11-22)39-26-14-15-33-25-18-27(40-23-4-2-3-5-23)29-30(28(25)26)38-17-16-37-29/h6-15,18-19,23H,2-5,16-17H2,1H3,(H2,34,35,36)/t19-/m0/s1. The van der Waals surface area contributed by atoms with E-state index in [1.807, 2.05) is 13.0 Å². The fourth-order valence-corrected chi connectivity index (χ4v) is 5.06. The maximum atomic E-state index is 13.2. The summed E-state index contributed by atoms with van der Waals surface area (Å²) >= 11 is 0. The molecule has 6 rings (SSSR count). The summed E-state index contributed by atoms with van der Waals surface area (Å²) in [4.78, 5) is 17.0. The van der Waals surface area contributed by atoms with Crippen molar-refractivity contribution < 1.29 is 28.1 Å². The second kappa shape index (κ2) is 11.3. The van der Waals surface area contributed by atoms with Crippen LogP contribution in [0, 0.1) is 5.82 Å². The van der Waals surface area contributed by atoms with Crippen LogP contribution in [0.2, 0.25) is 0 Å². The lowest BCUT2D eigenvalue weighted by molar-refractivity contribution is 0.151. The van der Waals surface area contributed by atoms with Gasteiger partial charge in [-0.05, 0) is 80.6 Å². The van der Waals surface area contributed by atoms with E-state index in [0.29, 0.717) is 58.6 Å². The minimum atomic E-state index is -0.370. The van der Waals surface area contributed by atoms with Gasteiger partial charge in [0.25, 0.3) is 0 Å². The van der Waals surface area contributed by atoms with Crippen molar-refractivity contribution in [2.45, 2.75) is 44.8 Å². The first-order chi connectivity index (χ1) is 19.5. The first kappa shape index (κ1) is 25.7. The molecule has 3 aromatic carbocycles. The van der Waals surface area contributed by atoms with Gasteiger partial charge in [-0.15, -0.1) is 0 Å². The fourth-order valence-electron chi connectivity index (χ4n) is 5.06. The van der Waals surface area contributed by atoms with Crippen molar-refractivity contribution >= 4 is 22.6 Å². The highest BCUT2D eigenvalue weighted by atomic mass is 19.1. The van der Waals surface area contributed by atoms with Gasteiger partial charge in [0.15, 0.2) is 11.5 Å². The summed E-state index contributed by atoms with van der Waals surface area (Å²) in [6.07, 6.45) is 6.26. The van der Waals surface area contributed by atoms with Gasteiger partial charge in [-0.25, -0.2) is 9.18 Å². The molecule has 4 aromatic rings. The Morgan fingerprint density at radius 2 is 1.70 bits per heavy atom. The Balaban J connectivity index is 1.17. The number of rotatable bonds is 7. The summed E-state index contributed by atoms with van der Waals surface area (Å²) < 4.78 is 37.8. The zero-order valence-corrected chi connectivity index (χ0v) is 22.1. The van der Waals surface area contributed by atoms with Crippen LogP contribution >= 0.6 is 0 Å². The maximum absolute atomic E-state index is 13.2. The second-order valence-corrected chi connectivity index (χ2v) is 9.96. The van der Waals surface area contributed by atoms with Crippen molar-refractivity contribution in [3.05, 3.63) is 78.2 Å². The zero-order valence-electron chi connectivity index (χ0n) is 22.1. The van der Waals surface area contributed by atoms with Crippen molar-refractivity contribution in [1.29, 1.82) is 0 Å². The number of urea groups is 1. The van der Waals surface area contributed by atoms with Crippen molar-refractivity contribution in [2.75, 3.05) is 18.5 Å². The lowest BCUT2D eigenvalue weighted by Gasteiger charge is -2.25. The fraction of sp³-hybridized carbons (Fsp3) is 0.290. The van der Waals surface area contributed by atoms with E-state index in [4.69, 9.17) is 18.9 Å². The SMILES string of the molecule is C[C@H](NC(=O)Nc1ccc(Oc2ccnc3cc(OC4CCCC4)c4c(c23)OCCO4)cc1)c1ccc(F)cc1. The van der Waals surface area contributed by atoms with E-state index in [0.717, 1.165) is 18.4 Å². The molecule has 1 saturated carbocycles. The van der Waals surface area contributed by atoms with Crippen LogP contribution in [0.15, 0.2) is 66.9 Å². The van der Waals surface area contributed by atoms with Gasteiger partial charge in [0, 0.05) is 18.0 Å². The second-order valence-electron chi connectivity index (χ2n) is 9.96. The Labute approximate surface area is 231 Å². The molecule has 8 nitrogen and oxygen atoms in total. The molecule has 0 radical (unpaired) electrons. The number of fused-ring (bicyclic) bond motifs is 3. The Morgan fingerprint density at radius 1 is 0.975 bits per heavy atom. The molecule has 1 atom stereocenters. The average Bonchev–Trinajstić information content (AvgIpc) is 3.48. The molecule has 1 aromatic heterocycles. The minimum Gasteiger partial charge on any atom is -0.486 e. The molecule has 40 heavy (non-hydrogen) atoms. The monoisotopic (exact) mass is 543 g/mol. The zero-order chi connectivity index (χ0) is 27.5. The van der Waals surface area contributed by atoms with Gasteiger partial charge in [0.2, 0.25) is 5.75 Å². The van der Waals surface area contributed by atoms with Crippen molar-refractivity contribution in [3.63, 3.8) is 0 Å². The van der Waals surface area contributed by atoms with Crippen LogP contribution in [0.3, 0.4) is 0 Å². The predicted molar refractivity (Wildman–Crippen MR) is 149 cm³/mol. The topological polar surface area (TPSA) is 90.9 Å². The van der Waals surface area contributed by atoms with Crippen LogP contribution in [-0.4, -0.2) is 30.3 Å². The predicted octanol–water partition coefficient (Wildman–Crippen LogP) is 7.14. The highest BCUT2D eigenvalue weighted by Crippen LogP contribution is 2.49. The van der Waals surface area contributed by atoms with E-state index in [9.17, 15) is 9.18 Å². The molecule has 1 fully saturated rings. The minimum absolute atomic E-state index is 0.173. The molecular weight excluding hydrogens is 513 g/mol. The Hall–Kier alpha value is -4.53. The normalized spacial score (nSPS) is 15.4. The Morgan fingerprint density at radius 3 is 2.45 bits per heavy atom. The number of hydrogen-bond acceptors (Lipinski definition) is 6. The lowest BCUT2D eigenvalue weighted by atomic mass is 10.1. The van der Waals surface area contributed by atoms with E-state index in [1.54, 1.807) is 48.7 Å². The average molecular weight is 544 g/mol. The number of halogens is 1. The summed E-state index contributed by atoms with van der Waals surface area (Å²) in [6.45, 7) is 2.70. The number of ether oxygens (including phenoxy) is 4. The molecule has 9 heteroatoms. The number of nitrogens with zero attached hydrogens (tertiary/aromatic N) is 1. The molecule has 2 amide bonds. The highest BCUT2D eigenvalue weighted by Gasteiger charge is 2.27. The van der Waals surface area contributed by atoms with Gasteiger partial charge in [-0.1, -0.05) is 12.1 Å². The number of nitrogens with one attached hydrogen (secondary N) is 2. The molecule has 1 aliphatic carbocycles. The molecule has 2 heterocycles. The number of amides is 2. The summed E-state index contributed by atoms with van der Waals surface area (Å²) in [5, 5.41) is 6.37.